The van der Waals surface area contributed by atoms with Gasteiger partial charge in [-0.1, -0.05) is 20.3 Å². The third-order valence-electron chi connectivity index (χ3n) is 3.64. The smallest absolute Gasteiger partial charge is 0.163 e. The Morgan fingerprint density at radius 1 is 1.17 bits per heavy atom. The first kappa shape index (κ1) is 13.1. The van der Waals surface area contributed by atoms with Crippen molar-refractivity contribution in [2.45, 2.75) is 39.7 Å². The lowest BCUT2D eigenvalue weighted by Gasteiger charge is -2.21. The van der Waals surface area contributed by atoms with Crippen molar-refractivity contribution in [3.05, 3.63) is 18.2 Å². The summed E-state index contributed by atoms with van der Waals surface area (Å²) < 4.78 is 11.3. The van der Waals surface area contributed by atoms with Crippen LogP contribution in [0.15, 0.2) is 18.2 Å². The van der Waals surface area contributed by atoms with Crippen LogP contribution in [0.5, 0.6) is 11.5 Å². The van der Waals surface area contributed by atoms with Gasteiger partial charge >= 0.3 is 0 Å². The molecule has 0 saturated heterocycles. The van der Waals surface area contributed by atoms with E-state index in [9.17, 15) is 0 Å². The molecule has 0 radical (unpaired) electrons. The maximum atomic E-state index is 5.69. The van der Waals surface area contributed by atoms with Crippen LogP contribution >= 0.6 is 0 Å². The lowest BCUT2D eigenvalue weighted by Crippen LogP contribution is -2.23. The summed E-state index contributed by atoms with van der Waals surface area (Å²) in [7, 11) is 0. The van der Waals surface area contributed by atoms with E-state index < -0.39 is 0 Å². The zero-order valence-corrected chi connectivity index (χ0v) is 11.5. The molecule has 0 aromatic heterocycles. The van der Waals surface area contributed by atoms with E-state index >= 15 is 0 Å². The van der Waals surface area contributed by atoms with Gasteiger partial charge in [0, 0.05) is 24.2 Å². The quantitative estimate of drug-likeness (QED) is 0.882. The lowest BCUT2D eigenvalue weighted by atomic mass is 10.0. The van der Waals surface area contributed by atoms with E-state index in [0.717, 1.165) is 36.8 Å². The molecule has 0 bridgehead atoms. The van der Waals surface area contributed by atoms with Crippen LogP contribution in [0, 0.1) is 5.92 Å². The number of rotatable bonds is 4. The van der Waals surface area contributed by atoms with Crippen LogP contribution in [0.4, 0.5) is 5.69 Å². The second kappa shape index (κ2) is 5.98. The maximum absolute atomic E-state index is 5.69. The van der Waals surface area contributed by atoms with Gasteiger partial charge in [-0.05, 0) is 25.0 Å². The van der Waals surface area contributed by atoms with Crippen molar-refractivity contribution in [2.24, 2.45) is 5.92 Å². The predicted molar refractivity (Wildman–Crippen MR) is 74.6 cm³/mol. The van der Waals surface area contributed by atoms with Crippen LogP contribution in [-0.4, -0.2) is 19.3 Å². The van der Waals surface area contributed by atoms with Crippen LogP contribution in [0.1, 0.15) is 33.6 Å². The van der Waals surface area contributed by atoms with Crippen molar-refractivity contribution in [3.63, 3.8) is 0 Å². The molecule has 2 unspecified atom stereocenters. The Kier molecular flexibility index (Phi) is 4.34. The topological polar surface area (TPSA) is 30.5 Å². The highest BCUT2D eigenvalue weighted by Gasteiger charge is 2.13. The molecule has 0 fully saturated rings. The fourth-order valence-corrected chi connectivity index (χ4v) is 2.01. The molecular weight excluding hydrogens is 226 g/mol. The van der Waals surface area contributed by atoms with Crippen LogP contribution < -0.4 is 14.8 Å². The molecular formula is C15H23NO2. The van der Waals surface area contributed by atoms with Gasteiger partial charge in [-0.3, -0.25) is 0 Å². The van der Waals surface area contributed by atoms with E-state index in [1.807, 2.05) is 12.1 Å². The van der Waals surface area contributed by atoms with Crippen molar-refractivity contribution >= 4 is 5.69 Å². The standard InChI is InChI=1S/C15H23NO2/c1-4-11(2)12(3)16-13-6-7-14-15(10-13)18-9-5-8-17-14/h6-7,10-12,16H,4-5,8-9H2,1-3H3. The molecule has 1 aliphatic heterocycles. The monoisotopic (exact) mass is 249 g/mol. The summed E-state index contributed by atoms with van der Waals surface area (Å²) in [4.78, 5) is 0. The summed E-state index contributed by atoms with van der Waals surface area (Å²) in [6.07, 6.45) is 2.12. The highest BCUT2D eigenvalue weighted by Crippen LogP contribution is 2.32. The Bertz CT molecular complexity index is 392. The van der Waals surface area contributed by atoms with Crippen molar-refractivity contribution in [2.75, 3.05) is 18.5 Å². The molecule has 100 valence electrons. The molecule has 3 nitrogen and oxygen atoms in total. The van der Waals surface area contributed by atoms with Gasteiger partial charge in [-0.25, -0.2) is 0 Å². The largest absolute Gasteiger partial charge is 0.490 e. The van der Waals surface area contributed by atoms with Gasteiger partial charge in [0.1, 0.15) is 0 Å². The molecule has 0 spiro atoms. The van der Waals surface area contributed by atoms with Gasteiger partial charge in [0.25, 0.3) is 0 Å². The Morgan fingerprint density at radius 2 is 1.89 bits per heavy atom. The van der Waals surface area contributed by atoms with Crippen molar-refractivity contribution < 1.29 is 9.47 Å². The number of anilines is 1. The minimum atomic E-state index is 0.458. The summed E-state index contributed by atoms with van der Waals surface area (Å²) in [5.41, 5.74) is 1.10. The highest BCUT2D eigenvalue weighted by atomic mass is 16.5. The summed E-state index contributed by atoms with van der Waals surface area (Å²) >= 11 is 0. The molecule has 1 heterocycles. The zero-order valence-electron chi connectivity index (χ0n) is 11.5. The van der Waals surface area contributed by atoms with Gasteiger partial charge in [0.15, 0.2) is 11.5 Å². The van der Waals surface area contributed by atoms with Gasteiger partial charge in [-0.2, -0.15) is 0 Å². The van der Waals surface area contributed by atoms with E-state index in [1.54, 1.807) is 0 Å². The number of fused-ring (bicyclic) bond motifs is 1. The normalized spacial score (nSPS) is 17.7. The first-order valence-corrected chi connectivity index (χ1v) is 6.87. The Hall–Kier alpha value is -1.38. The van der Waals surface area contributed by atoms with Gasteiger partial charge < -0.3 is 14.8 Å². The molecule has 0 amide bonds. The molecule has 3 heteroatoms. The predicted octanol–water partition coefficient (Wildman–Crippen LogP) is 3.69. The van der Waals surface area contributed by atoms with Crippen molar-refractivity contribution in [1.82, 2.24) is 0 Å². The third-order valence-corrected chi connectivity index (χ3v) is 3.64. The average Bonchev–Trinajstić information content (AvgIpc) is 2.62. The zero-order chi connectivity index (χ0) is 13.0. The second-order valence-electron chi connectivity index (χ2n) is 5.03. The summed E-state index contributed by atoms with van der Waals surface area (Å²) in [5.74, 6) is 2.36. The van der Waals surface area contributed by atoms with E-state index in [2.05, 4.69) is 32.2 Å². The van der Waals surface area contributed by atoms with Gasteiger partial charge in [0.05, 0.1) is 13.2 Å². The van der Waals surface area contributed by atoms with Gasteiger partial charge in [0.2, 0.25) is 0 Å². The third kappa shape index (κ3) is 3.09. The molecule has 0 aliphatic carbocycles. The minimum absolute atomic E-state index is 0.458. The summed E-state index contributed by atoms with van der Waals surface area (Å²) in [6, 6.07) is 6.55. The Balaban J connectivity index is 2.08. The number of nitrogens with one attached hydrogen (secondary N) is 1. The van der Waals surface area contributed by atoms with E-state index in [4.69, 9.17) is 9.47 Å². The lowest BCUT2D eigenvalue weighted by molar-refractivity contribution is 0.297. The molecule has 1 aliphatic rings. The highest BCUT2D eigenvalue weighted by molar-refractivity contribution is 5.55. The Morgan fingerprint density at radius 3 is 2.61 bits per heavy atom. The molecule has 2 atom stereocenters. The molecule has 1 aromatic carbocycles. The number of hydrogen-bond acceptors (Lipinski definition) is 3. The first-order valence-electron chi connectivity index (χ1n) is 6.87. The minimum Gasteiger partial charge on any atom is -0.490 e. The molecule has 0 saturated carbocycles. The fraction of sp³-hybridized carbons (Fsp3) is 0.600. The van der Waals surface area contributed by atoms with Crippen LogP contribution in [0.3, 0.4) is 0 Å². The molecule has 18 heavy (non-hydrogen) atoms. The fourth-order valence-electron chi connectivity index (χ4n) is 2.01. The molecule has 2 rings (SSSR count). The number of ether oxygens (including phenoxy) is 2. The molecule has 1 N–H and O–H groups in total. The number of benzene rings is 1. The van der Waals surface area contributed by atoms with E-state index in [0.29, 0.717) is 12.0 Å². The first-order chi connectivity index (χ1) is 8.70. The maximum Gasteiger partial charge on any atom is 0.163 e. The SMILES string of the molecule is CCC(C)C(C)Nc1ccc2c(c1)OCCCO2. The summed E-state index contributed by atoms with van der Waals surface area (Å²) in [5, 5.41) is 3.53. The second-order valence-corrected chi connectivity index (χ2v) is 5.03. The molecule has 1 aromatic rings. The van der Waals surface area contributed by atoms with Crippen molar-refractivity contribution in [3.8, 4) is 11.5 Å². The van der Waals surface area contributed by atoms with Crippen LogP contribution in [-0.2, 0) is 0 Å². The van der Waals surface area contributed by atoms with Crippen LogP contribution in [0.2, 0.25) is 0 Å². The Labute approximate surface area is 109 Å². The van der Waals surface area contributed by atoms with Gasteiger partial charge in [-0.15, -0.1) is 0 Å². The van der Waals surface area contributed by atoms with E-state index in [1.165, 1.54) is 6.42 Å². The van der Waals surface area contributed by atoms with Crippen molar-refractivity contribution in [1.29, 1.82) is 0 Å². The number of hydrogen-bond donors (Lipinski definition) is 1. The summed E-state index contributed by atoms with van der Waals surface area (Å²) in [6.45, 7) is 8.18. The average molecular weight is 249 g/mol. The van der Waals surface area contributed by atoms with E-state index in [-0.39, 0.29) is 0 Å². The van der Waals surface area contributed by atoms with Crippen LogP contribution in [0.25, 0.3) is 0 Å².